The van der Waals surface area contributed by atoms with E-state index in [0.717, 1.165) is 71.7 Å². The Labute approximate surface area is 157 Å². The maximum absolute atomic E-state index is 12.6. The highest BCUT2D eigenvalue weighted by atomic mass is 35.5. The van der Waals surface area contributed by atoms with Crippen LogP contribution in [0.1, 0.15) is 38.5 Å². The fourth-order valence-corrected chi connectivity index (χ4v) is 4.10. The van der Waals surface area contributed by atoms with E-state index in [1.165, 1.54) is 19.3 Å². The van der Waals surface area contributed by atoms with Crippen LogP contribution in [0.5, 0.6) is 0 Å². The molecular formula is C18H33ClN4O2. The predicted molar refractivity (Wildman–Crippen MR) is 101 cm³/mol. The zero-order valence-electron chi connectivity index (χ0n) is 15.3. The number of piperazine rings is 1. The first-order valence-corrected chi connectivity index (χ1v) is 9.73. The van der Waals surface area contributed by atoms with Crippen LogP contribution in [0, 0.1) is 5.92 Å². The number of nitrogens with zero attached hydrogens (tertiary/aromatic N) is 3. The van der Waals surface area contributed by atoms with Crippen LogP contribution < -0.4 is 5.32 Å². The summed E-state index contributed by atoms with van der Waals surface area (Å²) in [5.74, 6) is 0.873. The van der Waals surface area contributed by atoms with Crippen LogP contribution in [0.4, 0.5) is 0 Å². The molecule has 3 fully saturated rings. The first kappa shape index (κ1) is 20.5. The van der Waals surface area contributed by atoms with Gasteiger partial charge in [-0.2, -0.15) is 0 Å². The number of hydrogen-bond donors (Lipinski definition) is 1. The molecule has 2 amide bonds. The van der Waals surface area contributed by atoms with Crippen LogP contribution in [0.3, 0.4) is 0 Å². The van der Waals surface area contributed by atoms with E-state index in [9.17, 15) is 9.59 Å². The van der Waals surface area contributed by atoms with Gasteiger partial charge in [0.1, 0.15) is 0 Å². The van der Waals surface area contributed by atoms with E-state index < -0.39 is 0 Å². The van der Waals surface area contributed by atoms with E-state index in [1.54, 1.807) is 0 Å². The highest BCUT2D eigenvalue weighted by Gasteiger charge is 2.29. The molecule has 0 spiro atoms. The molecule has 7 heteroatoms. The second-order valence-electron chi connectivity index (χ2n) is 7.38. The van der Waals surface area contributed by atoms with E-state index >= 15 is 0 Å². The van der Waals surface area contributed by atoms with Gasteiger partial charge in [0, 0.05) is 58.2 Å². The minimum Gasteiger partial charge on any atom is -0.342 e. The summed E-state index contributed by atoms with van der Waals surface area (Å²) >= 11 is 0. The third kappa shape index (κ3) is 5.83. The number of amides is 2. The molecule has 3 aliphatic heterocycles. The van der Waals surface area contributed by atoms with Gasteiger partial charge in [0.25, 0.3) is 0 Å². The van der Waals surface area contributed by atoms with Crippen molar-refractivity contribution in [3.8, 4) is 0 Å². The molecule has 0 aliphatic carbocycles. The molecule has 0 radical (unpaired) electrons. The molecule has 6 nitrogen and oxygen atoms in total. The Hall–Kier alpha value is -0.850. The fraction of sp³-hybridized carbons (Fsp3) is 0.889. The molecule has 0 unspecified atom stereocenters. The largest absolute Gasteiger partial charge is 0.342 e. The van der Waals surface area contributed by atoms with Crippen molar-refractivity contribution in [2.45, 2.75) is 38.5 Å². The number of rotatable bonds is 4. The standard InChI is InChI=1S/C18H32N4O2.ClH/c23-17(21-14-7-19-8-15-21)6-13-20-11-4-16(5-12-20)18(24)22-9-2-1-3-10-22;/h16,19H,1-15H2;1H. The molecular weight excluding hydrogens is 340 g/mol. The van der Waals surface area contributed by atoms with Gasteiger partial charge in [0.15, 0.2) is 0 Å². The summed E-state index contributed by atoms with van der Waals surface area (Å²) < 4.78 is 0. The molecule has 3 heterocycles. The van der Waals surface area contributed by atoms with Crippen molar-refractivity contribution >= 4 is 24.2 Å². The van der Waals surface area contributed by atoms with E-state index in [2.05, 4.69) is 15.1 Å². The van der Waals surface area contributed by atoms with Crippen molar-refractivity contribution in [1.82, 2.24) is 20.0 Å². The van der Waals surface area contributed by atoms with Gasteiger partial charge in [-0.3, -0.25) is 9.59 Å². The fourth-order valence-electron chi connectivity index (χ4n) is 4.10. The van der Waals surface area contributed by atoms with Crippen LogP contribution in [0.15, 0.2) is 0 Å². The average molecular weight is 373 g/mol. The molecule has 0 atom stereocenters. The van der Waals surface area contributed by atoms with Crippen LogP contribution in [-0.2, 0) is 9.59 Å². The van der Waals surface area contributed by atoms with Crippen molar-refractivity contribution in [2.75, 3.05) is 58.9 Å². The molecule has 3 aliphatic rings. The van der Waals surface area contributed by atoms with Crippen LogP contribution in [0.25, 0.3) is 0 Å². The predicted octanol–water partition coefficient (Wildman–Crippen LogP) is 0.955. The zero-order chi connectivity index (χ0) is 16.8. The van der Waals surface area contributed by atoms with Crippen LogP contribution in [0.2, 0.25) is 0 Å². The molecule has 0 aromatic heterocycles. The second-order valence-corrected chi connectivity index (χ2v) is 7.38. The average Bonchev–Trinajstić information content (AvgIpc) is 2.67. The summed E-state index contributed by atoms with van der Waals surface area (Å²) in [5, 5.41) is 3.28. The summed E-state index contributed by atoms with van der Waals surface area (Å²) in [4.78, 5) is 31.2. The summed E-state index contributed by atoms with van der Waals surface area (Å²) in [5.41, 5.74) is 0. The molecule has 144 valence electrons. The second kappa shape index (κ2) is 10.3. The Bertz CT molecular complexity index is 429. The molecule has 0 aromatic carbocycles. The normalized spacial score (nSPS) is 23.2. The maximum atomic E-state index is 12.6. The SMILES string of the molecule is Cl.O=C(CCN1CCC(C(=O)N2CCCCC2)CC1)N1CCNCC1. The summed E-state index contributed by atoms with van der Waals surface area (Å²) in [7, 11) is 0. The van der Waals surface area contributed by atoms with Crippen molar-refractivity contribution in [1.29, 1.82) is 0 Å². The lowest BCUT2D eigenvalue weighted by molar-refractivity contribution is -0.138. The van der Waals surface area contributed by atoms with E-state index in [0.29, 0.717) is 12.3 Å². The van der Waals surface area contributed by atoms with E-state index in [4.69, 9.17) is 0 Å². The minimum absolute atomic E-state index is 0. The van der Waals surface area contributed by atoms with Gasteiger partial charge in [0.2, 0.25) is 11.8 Å². The van der Waals surface area contributed by atoms with Gasteiger partial charge >= 0.3 is 0 Å². The van der Waals surface area contributed by atoms with Crippen LogP contribution in [-0.4, -0.2) is 85.4 Å². The first-order chi connectivity index (χ1) is 11.7. The van der Waals surface area contributed by atoms with Crippen molar-refractivity contribution < 1.29 is 9.59 Å². The van der Waals surface area contributed by atoms with Gasteiger partial charge in [-0.15, -0.1) is 12.4 Å². The number of halogens is 1. The number of nitrogens with one attached hydrogen (secondary N) is 1. The Morgan fingerprint density at radius 3 is 2.12 bits per heavy atom. The molecule has 3 saturated heterocycles. The van der Waals surface area contributed by atoms with Gasteiger partial charge < -0.3 is 20.0 Å². The summed E-state index contributed by atoms with van der Waals surface area (Å²) in [6.07, 6.45) is 6.12. The zero-order valence-corrected chi connectivity index (χ0v) is 16.1. The Morgan fingerprint density at radius 2 is 1.48 bits per heavy atom. The lowest BCUT2D eigenvalue weighted by atomic mass is 9.94. The first-order valence-electron chi connectivity index (χ1n) is 9.73. The molecule has 1 N–H and O–H groups in total. The number of likely N-dealkylation sites (tertiary alicyclic amines) is 2. The van der Waals surface area contributed by atoms with Gasteiger partial charge in [-0.1, -0.05) is 0 Å². The Kier molecular flexibility index (Phi) is 8.46. The topological polar surface area (TPSA) is 55.9 Å². The molecule has 0 aromatic rings. The minimum atomic E-state index is 0. The molecule has 25 heavy (non-hydrogen) atoms. The third-order valence-corrected chi connectivity index (χ3v) is 5.72. The van der Waals surface area contributed by atoms with E-state index in [-0.39, 0.29) is 24.2 Å². The van der Waals surface area contributed by atoms with Gasteiger partial charge in [-0.25, -0.2) is 0 Å². The summed E-state index contributed by atoms with van der Waals surface area (Å²) in [6, 6.07) is 0. The monoisotopic (exact) mass is 372 g/mol. The molecule has 0 bridgehead atoms. The number of carbonyl (C=O) groups excluding carboxylic acids is 2. The van der Waals surface area contributed by atoms with Crippen molar-refractivity contribution in [3.63, 3.8) is 0 Å². The van der Waals surface area contributed by atoms with Crippen molar-refractivity contribution in [2.24, 2.45) is 5.92 Å². The smallest absolute Gasteiger partial charge is 0.225 e. The summed E-state index contributed by atoms with van der Waals surface area (Å²) in [6.45, 7) is 8.17. The van der Waals surface area contributed by atoms with Crippen LogP contribution >= 0.6 is 12.4 Å². The third-order valence-electron chi connectivity index (χ3n) is 5.72. The number of piperidine rings is 2. The number of hydrogen-bond acceptors (Lipinski definition) is 4. The lowest BCUT2D eigenvalue weighted by Crippen LogP contribution is -2.48. The quantitative estimate of drug-likeness (QED) is 0.798. The highest BCUT2D eigenvalue weighted by Crippen LogP contribution is 2.22. The maximum Gasteiger partial charge on any atom is 0.225 e. The number of carbonyl (C=O) groups is 2. The highest BCUT2D eigenvalue weighted by molar-refractivity contribution is 5.85. The molecule has 0 saturated carbocycles. The van der Waals surface area contributed by atoms with Gasteiger partial charge in [0.05, 0.1) is 0 Å². The Balaban J connectivity index is 0.00000225. The lowest BCUT2D eigenvalue weighted by Gasteiger charge is -2.36. The Morgan fingerprint density at radius 1 is 0.840 bits per heavy atom. The van der Waals surface area contributed by atoms with E-state index in [1.807, 2.05) is 4.90 Å². The molecule has 3 rings (SSSR count). The van der Waals surface area contributed by atoms with Crippen molar-refractivity contribution in [3.05, 3.63) is 0 Å². The van der Waals surface area contributed by atoms with Gasteiger partial charge in [-0.05, 0) is 45.2 Å².